The molecule has 0 aromatic carbocycles. The molecule has 0 spiro atoms. The van der Waals surface area contributed by atoms with Gasteiger partial charge in [0.05, 0.1) is 19.8 Å². The van der Waals surface area contributed by atoms with Gasteiger partial charge in [-0.15, -0.1) is 0 Å². The summed E-state index contributed by atoms with van der Waals surface area (Å²) in [6.07, 6.45) is -7.90. The van der Waals surface area contributed by atoms with Crippen LogP contribution in [0.25, 0.3) is 0 Å². The quantitative estimate of drug-likeness (QED) is 0.342. The SMILES string of the molecule is CC(=O)O[C@@H]1[C@@H](OC(C)=O)[C@H](OC[C@@H](O)[C@H]2OC(C)(C)O[C@@H]2[C@H]2COC(C)(C)O2)OC[C@H]1OC(C)=O. The molecule has 36 heavy (non-hydrogen) atoms. The van der Waals surface area contributed by atoms with Gasteiger partial charge in [-0.3, -0.25) is 14.4 Å². The van der Waals surface area contributed by atoms with E-state index in [9.17, 15) is 19.5 Å². The van der Waals surface area contributed by atoms with E-state index >= 15 is 0 Å². The highest BCUT2D eigenvalue weighted by atomic mass is 16.8. The normalized spacial score (nSPS) is 36.2. The van der Waals surface area contributed by atoms with Crippen LogP contribution in [0.1, 0.15) is 48.5 Å². The Morgan fingerprint density at radius 3 is 2.03 bits per heavy atom. The third-order valence-corrected chi connectivity index (χ3v) is 5.68. The molecule has 3 aliphatic heterocycles. The van der Waals surface area contributed by atoms with Crippen LogP contribution in [-0.4, -0.2) is 103 Å². The Hall–Kier alpha value is -1.87. The molecule has 206 valence electrons. The van der Waals surface area contributed by atoms with E-state index < -0.39 is 78.5 Å². The maximum atomic E-state index is 11.8. The van der Waals surface area contributed by atoms with Crippen LogP contribution < -0.4 is 0 Å². The highest BCUT2D eigenvalue weighted by Gasteiger charge is 2.53. The van der Waals surface area contributed by atoms with E-state index in [1.54, 1.807) is 27.7 Å². The van der Waals surface area contributed by atoms with Crippen LogP contribution >= 0.6 is 0 Å². The zero-order chi connectivity index (χ0) is 26.8. The summed E-state index contributed by atoms with van der Waals surface area (Å²) in [5, 5.41) is 11.0. The van der Waals surface area contributed by atoms with Crippen LogP contribution in [0, 0.1) is 0 Å². The molecule has 0 bridgehead atoms. The second-order valence-corrected chi connectivity index (χ2v) is 9.83. The first kappa shape index (κ1) is 28.7. The summed E-state index contributed by atoms with van der Waals surface area (Å²) in [4.78, 5) is 35.0. The minimum atomic E-state index is -1.27. The van der Waals surface area contributed by atoms with E-state index in [2.05, 4.69) is 0 Å². The van der Waals surface area contributed by atoms with E-state index in [1.807, 2.05) is 0 Å². The van der Waals surface area contributed by atoms with Gasteiger partial charge in [-0.1, -0.05) is 0 Å². The first-order valence-corrected chi connectivity index (χ1v) is 11.8. The monoisotopic (exact) mass is 520 g/mol. The number of hydrogen-bond acceptors (Lipinski definition) is 13. The molecule has 13 heteroatoms. The Balaban J connectivity index is 1.71. The fourth-order valence-electron chi connectivity index (χ4n) is 4.42. The van der Waals surface area contributed by atoms with Crippen LogP contribution in [0.4, 0.5) is 0 Å². The number of ether oxygens (including phenoxy) is 9. The second kappa shape index (κ2) is 11.3. The summed E-state index contributed by atoms with van der Waals surface area (Å²) in [7, 11) is 0. The van der Waals surface area contributed by atoms with Gasteiger partial charge < -0.3 is 47.7 Å². The van der Waals surface area contributed by atoms with Crippen molar-refractivity contribution >= 4 is 17.9 Å². The van der Waals surface area contributed by atoms with Crippen molar-refractivity contribution in [2.24, 2.45) is 0 Å². The smallest absolute Gasteiger partial charge is 0.303 e. The van der Waals surface area contributed by atoms with Crippen molar-refractivity contribution in [1.82, 2.24) is 0 Å². The lowest BCUT2D eigenvalue weighted by molar-refractivity contribution is -0.286. The Morgan fingerprint density at radius 1 is 0.861 bits per heavy atom. The van der Waals surface area contributed by atoms with Gasteiger partial charge in [-0.2, -0.15) is 0 Å². The third-order valence-electron chi connectivity index (χ3n) is 5.68. The molecule has 13 nitrogen and oxygen atoms in total. The molecule has 3 fully saturated rings. The summed E-state index contributed by atoms with van der Waals surface area (Å²) in [6.45, 7) is 10.2. The maximum absolute atomic E-state index is 11.8. The highest BCUT2D eigenvalue weighted by Crippen LogP contribution is 2.37. The molecule has 8 atom stereocenters. The Morgan fingerprint density at radius 2 is 1.47 bits per heavy atom. The molecule has 0 saturated carbocycles. The Kier molecular flexibility index (Phi) is 8.97. The van der Waals surface area contributed by atoms with E-state index in [-0.39, 0.29) is 19.8 Å². The first-order chi connectivity index (χ1) is 16.7. The summed E-state index contributed by atoms with van der Waals surface area (Å²) in [5.41, 5.74) is 0. The van der Waals surface area contributed by atoms with E-state index in [1.165, 1.54) is 13.8 Å². The molecular formula is C23H36O13. The van der Waals surface area contributed by atoms with Gasteiger partial charge in [-0.05, 0) is 27.7 Å². The summed E-state index contributed by atoms with van der Waals surface area (Å²) in [5.74, 6) is -3.81. The van der Waals surface area contributed by atoms with Crippen molar-refractivity contribution in [2.45, 2.75) is 109 Å². The number of hydrogen-bond donors (Lipinski definition) is 1. The molecule has 0 aliphatic carbocycles. The zero-order valence-corrected chi connectivity index (χ0v) is 21.6. The van der Waals surface area contributed by atoms with Gasteiger partial charge in [0.25, 0.3) is 0 Å². The summed E-state index contributed by atoms with van der Waals surface area (Å²) >= 11 is 0. The van der Waals surface area contributed by atoms with Crippen molar-refractivity contribution in [2.75, 3.05) is 19.8 Å². The van der Waals surface area contributed by atoms with Crippen LogP contribution in [0.15, 0.2) is 0 Å². The predicted octanol–water partition coefficient (Wildman–Crippen LogP) is 0.187. The van der Waals surface area contributed by atoms with Crippen LogP contribution in [-0.2, 0) is 57.0 Å². The summed E-state index contributed by atoms with van der Waals surface area (Å²) in [6, 6.07) is 0. The fourth-order valence-corrected chi connectivity index (χ4v) is 4.42. The molecule has 1 N–H and O–H groups in total. The number of aliphatic hydroxyl groups is 1. The van der Waals surface area contributed by atoms with Gasteiger partial charge in [0.1, 0.15) is 24.4 Å². The Bertz CT molecular complexity index is 812. The lowest BCUT2D eigenvalue weighted by Gasteiger charge is -2.40. The molecule has 3 saturated heterocycles. The third kappa shape index (κ3) is 7.34. The molecular weight excluding hydrogens is 484 g/mol. The average Bonchev–Trinajstić information content (AvgIpc) is 3.26. The van der Waals surface area contributed by atoms with Gasteiger partial charge in [0, 0.05) is 20.8 Å². The van der Waals surface area contributed by atoms with Gasteiger partial charge in [0.15, 0.2) is 36.2 Å². The predicted molar refractivity (Wildman–Crippen MR) is 117 cm³/mol. The molecule has 0 radical (unpaired) electrons. The number of esters is 3. The molecule has 0 aromatic rings. The lowest BCUT2D eigenvalue weighted by atomic mass is 10.0. The van der Waals surface area contributed by atoms with Crippen molar-refractivity contribution in [3.63, 3.8) is 0 Å². The molecule has 0 aromatic heterocycles. The van der Waals surface area contributed by atoms with E-state index in [0.717, 1.165) is 6.92 Å². The molecule has 3 rings (SSSR count). The van der Waals surface area contributed by atoms with E-state index in [0.29, 0.717) is 0 Å². The van der Waals surface area contributed by atoms with Gasteiger partial charge in [0.2, 0.25) is 0 Å². The number of aliphatic hydroxyl groups excluding tert-OH is 1. The van der Waals surface area contributed by atoms with Crippen LogP contribution in [0.3, 0.4) is 0 Å². The average molecular weight is 521 g/mol. The Labute approximate surface area is 209 Å². The largest absolute Gasteiger partial charge is 0.456 e. The van der Waals surface area contributed by atoms with Crippen molar-refractivity contribution < 1.29 is 62.1 Å². The van der Waals surface area contributed by atoms with Crippen molar-refractivity contribution in [3.8, 4) is 0 Å². The van der Waals surface area contributed by atoms with Crippen LogP contribution in [0.2, 0.25) is 0 Å². The van der Waals surface area contributed by atoms with Crippen molar-refractivity contribution in [1.29, 1.82) is 0 Å². The molecule has 3 aliphatic rings. The number of carbonyl (C=O) groups excluding carboxylic acids is 3. The van der Waals surface area contributed by atoms with E-state index in [4.69, 9.17) is 42.6 Å². The minimum absolute atomic E-state index is 0.197. The van der Waals surface area contributed by atoms with Crippen molar-refractivity contribution in [3.05, 3.63) is 0 Å². The highest BCUT2D eigenvalue weighted by molar-refractivity contribution is 5.68. The number of rotatable bonds is 8. The standard InChI is InChI=1S/C23H36O13/c1-11(24)31-15-9-29-21(20(33-13(3)26)18(15)32-12(2)25)28-8-14(27)17-19(36-23(6,7)35-17)16-10-30-22(4,5)34-16/h14-21,27H,8-10H2,1-7H3/t14-,15-,16-,17-,18+,19-,20-,21-/m1/s1. The lowest BCUT2D eigenvalue weighted by Crippen LogP contribution is -2.58. The first-order valence-electron chi connectivity index (χ1n) is 11.8. The van der Waals surface area contributed by atoms with Gasteiger partial charge >= 0.3 is 17.9 Å². The minimum Gasteiger partial charge on any atom is -0.456 e. The summed E-state index contributed by atoms with van der Waals surface area (Å²) < 4.78 is 50.6. The van der Waals surface area contributed by atoms with Crippen LogP contribution in [0.5, 0.6) is 0 Å². The molecule has 0 amide bonds. The number of carbonyl (C=O) groups is 3. The maximum Gasteiger partial charge on any atom is 0.303 e. The molecule has 3 heterocycles. The topological polar surface area (TPSA) is 155 Å². The zero-order valence-electron chi connectivity index (χ0n) is 21.6. The fraction of sp³-hybridized carbons (Fsp3) is 0.870. The second-order valence-electron chi connectivity index (χ2n) is 9.83. The van der Waals surface area contributed by atoms with Gasteiger partial charge in [-0.25, -0.2) is 0 Å². The molecule has 0 unspecified atom stereocenters.